The lowest BCUT2D eigenvalue weighted by atomic mass is 10.1. The lowest BCUT2D eigenvalue weighted by molar-refractivity contribution is 0.0695. The normalized spacial score (nSPS) is 11.4. The molecule has 0 spiro atoms. The summed E-state index contributed by atoms with van der Waals surface area (Å²) in [6.07, 6.45) is 3.66. The molecule has 0 saturated heterocycles. The van der Waals surface area contributed by atoms with Gasteiger partial charge in [0.25, 0.3) is 5.91 Å². The maximum Gasteiger partial charge on any atom is 0.336 e. The number of carboxylic acid groups (broad SMARTS) is 1. The van der Waals surface area contributed by atoms with Crippen LogP contribution in [0.15, 0.2) is 66.9 Å². The Morgan fingerprint density at radius 2 is 1.71 bits per heavy atom. The topological polar surface area (TPSA) is 109 Å². The van der Waals surface area contributed by atoms with Crippen molar-refractivity contribution < 1.29 is 24.5 Å². The van der Waals surface area contributed by atoms with Gasteiger partial charge in [-0.3, -0.25) is 4.79 Å². The van der Waals surface area contributed by atoms with Crippen LogP contribution in [0.5, 0.6) is 5.75 Å². The van der Waals surface area contributed by atoms with E-state index in [9.17, 15) is 19.8 Å². The molecule has 0 fully saturated rings. The van der Waals surface area contributed by atoms with Gasteiger partial charge in [-0.25, -0.2) is 9.78 Å². The second-order valence-corrected chi connectivity index (χ2v) is 9.58. The van der Waals surface area contributed by atoms with Crippen molar-refractivity contribution in [2.75, 3.05) is 19.9 Å². The van der Waals surface area contributed by atoms with Gasteiger partial charge in [-0.1, -0.05) is 48.5 Å². The summed E-state index contributed by atoms with van der Waals surface area (Å²) >= 11 is 5.89. The summed E-state index contributed by atoms with van der Waals surface area (Å²) in [6.45, 7) is 10.4. The molecule has 0 aliphatic rings. The van der Waals surface area contributed by atoms with E-state index in [1.165, 1.54) is 12.1 Å². The number of carboxylic acids is 1. The van der Waals surface area contributed by atoms with E-state index < -0.39 is 11.9 Å². The molecule has 0 radical (unpaired) electrons. The second-order valence-electron chi connectivity index (χ2n) is 8.15. The Labute approximate surface area is 229 Å². The zero-order valence-corrected chi connectivity index (χ0v) is 23.4. The van der Waals surface area contributed by atoms with Crippen molar-refractivity contribution in [2.24, 2.45) is 0 Å². The number of aromatic hydroxyl groups is 1. The van der Waals surface area contributed by atoms with Crippen molar-refractivity contribution in [3.63, 3.8) is 0 Å². The Hall–Kier alpha value is -3.67. The van der Waals surface area contributed by atoms with Crippen molar-refractivity contribution in [3.8, 4) is 5.75 Å². The molecule has 9 heteroatoms. The van der Waals surface area contributed by atoms with Crippen LogP contribution in [-0.4, -0.2) is 46.9 Å². The second kappa shape index (κ2) is 15.6. The van der Waals surface area contributed by atoms with E-state index in [1.54, 1.807) is 49.4 Å². The van der Waals surface area contributed by atoms with Crippen LogP contribution in [0.1, 0.15) is 38.9 Å². The van der Waals surface area contributed by atoms with Gasteiger partial charge < -0.3 is 20.3 Å². The number of carbonyl (C=O) groups is 2. The highest BCUT2D eigenvalue weighted by Gasteiger charge is 2.15. The average Bonchev–Trinajstić information content (AvgIpc) is 2.89. The first-order chi connectivity index (χ1) is 18.2. The van der Waals surface area contributed by atoms with Crippen molar-refractivity contribution in [3.05, 3.63) is 105 Å². The summed E-state index contributed by atoms with van der Waals surface area (Å²) < 4.78 is 5.66. The summed E-state index contributed by atoms with van der Waals surface area (Å²) in [6, 6.07) is 15.0. The molecule has 1 amide bonds. The van der Waals surface area contributed by atoms with Gasteiger partial charge in [-0.05, 0) is 74.2 Å². The Bertz CT molecular complexity index is 1370. The lowest BCUT2D eigenvalue weighted by Gasteiger charge is -2.09. The molecule has 0 aliphatic heterocycles. The number of aromatic carboxylic acids is 1. The number of phenols is 1. The molecule has 200 valence electrons. The van der Waals surface area contributed by atoms with E-state index >= 15 is 0 Å². The molecule has 0 bridgehead atoms. The van der Waals surface area contributed by atoms with Crippen LogP contribution in [0.2, 0.25) is 5.02 Å². The third-order valence-electron chi connectivity index (χ3n) is 5.10. The third kappa shape index (κ3) is 9.66. The molecule has 0 unspecified atom stereocenters. The fourth-order valence-corrected chi connectivity index (χ4v) is 3.40. The molecule has 0 saturated carbocycles. The Morgan fingerprint density at radius 1 is 1.11 bits per heavy atom. The molecule has 1 heterocycles. The first-order valence-electron chi connectivity index (χ1n) is 11.8. The fourth-order valence-electron chi connectivity index (χ4n) is 3.27. The molecule has 0 atom stereocenters. The van der Waals surface area contributed by atoms with E-state index in [0.717, 1.165) is 19.7 Å². The SMILES string of the molecule is C=C(/C=c1/c(C(=O)O)cc(C(=O)NCCc2ccc(O)cc2)n/c1=C/C)OCc1ccc(Cl)cc1.CPC. The minimum atomic E-state index is -1.20. The van der Waals surface area contributed by atoms with Gasteiger partial charge in [0, 0.05) is 16.8 Å². The quantitative estimate of drug-likeness (QED) is 0.268. The highest BCUT2D eigenvalue weighted by Crippen LogP contribution is 2.12. The number of aromatic nitrogens is 1. The van der Waals surface area contributed by atoms with Crippen LogP contribution in [0.3, 0.4) is 0 Å². The summed E-state index contributed by atoms with van der Waals surface area (Å²) in [4.78, 5) is 29.0. The van der Waals surface area contributed by atoms with Gasteiger partial charge in [-0.15, -0.1) is 8.58 Å². The number of phenolic OH excluding ortho intramolecular Hbond substituents is 1. The van der Waals surface area contributed by atoms with Crippen LogP contribution >= 0.6 is 20.2 Å². The molecule has 2 aromatic carbocycles. The van der Waals surface area contributed by atoms with E-state index in [1.807, 2.05) is 12.1 Å². The van der Waals surface area contributed by atoms with Gasteiger partial charge >= 0.3 is 5.97 Å². The Balaban J connectivity index is 0.00000161. The highest BCUT2D eigenvalue weighted by atomic mass is 35.5. The number of nitrogens with zero attached hydrogens (tertiary/aromatic N) is 1. The minimum absolute atomic E-state index is 0.00829. The van der Waals surface area contributed by atoms with Gasteiger partial charge in [-0.2, -0.15) is 0 Å². The molecule has 38 heavy (non-hydrogen) atoms. The monoisotopic (exact) mass is 554 g/mol. The molecular formula is C29H32ClN2O5P. The van der Waals surface area contributed by atoms with Gasteiger partial charge in [0.15, 0.2) is 0 Å². The maximum absolute atomic E-state index is 12.7. The highest BCUT2D eigenvalue weighted by molar-refractivity contribution is 7.35. The fraction of sp³-hybridized carbons (Fsp3) is 0.207. The summed E-state index contributed by atoms with van der Waals surface area (Å²) in [5.41, 5.74) is 1.72. The number of nitrogens with one attached hydrogen (secondary N) is 1. The smallest absolute Gasteiger partial charge is 0.336 e. The number of amides is 1. The van der Waals surface area contributed by atoms with Crippen LogP contribution < -0.4 is 15.9 Å². The first-order valence-corrected chi connectivity index (χ1v) is 14.2. The summed E-state index contributed by atoms with van der Waals surface area (Å²) in [7, 11) is 1.08. The predicted molar refractivity (Wildman–Crippen MR) is 155 cm³/mol. The number of allylic oxidation sites excluding steroid dienone is 1. The van der Waals surface area contributed by atoms with Gasteiger partial charge in [0.1, 0.15) is 23.8 Å². The number of benzene rings is 2. The van der Waals surface area contributed by atoms with E-state index in [0.29, 0.717) is 28.6 Å². The van der Waals surface area contributed by atoms with Crippen LogP contribution in [0.25, 0.3) is 12.2 Å². The molecular weight excluding hydrogens is 523 g/mol. The summed E-state index contributed by atoms with van der Waals surface area (Å²) in [5, 5.41) is 23.1. The number of hydrogen-bond donors (Lipinski definition) is 3. The summed E-state index contributed by atoms with van der Waals surface area (Å²) in [5.74, 6) is -1.27. The van der Waals surface area contributed by atoms with E-state index in [4.69, 9.17) is 16.3 Å². The zero-order valence-electron chi connectivity index (χ0n) is 21.6. The molecule has 7 nitrogen and oxygen atoms in total. The van der Waals surface area contributed by atoms with Crippen LogP contribution in [0.4, 0.5) is 0 Å². The maximum atomic E-state index is 12.7. The van der Waals surface area contributed by atoms with Gasteiger partial charge in [0.2, 0.25) is 0 Å². The number of ether oxygens (including phenoxy) is 1. The standard InChI is InChI=1S/C27H25ClN2O5.C2H7P/c1-3-24-22(14-17(2)35-16-19-4-8-20(28)9-5-19)23(27(33)34)15-25(30-24)26(32)29-13-12-18-6-10-21(31)11-7-18;1-3-2/h3-11,14-15,31H,2,12-13,16H2,1H3,(H,29,32)(H,33,34);3H,1-2H3/b22-14-,24-3+;. The largest absolute Gasteiger partial charge is 0.508 e. The van der Waals surface area contributed by atoms with Crippen molar-refractivity contribution in [1.82, 2.24) is 10.3 Å². The lowest BCUT2D eigenvalue weighted by Crippen LogP contribution is -2.38. The van der Waals surface area contributed by atoms with Gasteiger partial charge in [0.05, 0.1) is 10.9 Å². The number of carbonyl (C=O) groups excluding carboxylic acids is 1. The first kappa shape index (κ1) is 30.6. The van der Waals surface area contributed by atoms with Crippen molar-refractivity contribution >= 4 is 44.2 Å². The third-order valence-corrected chi connectivity index (χ3v) is 5.35. The number of halogens is 1. The minimum Gasteiger partial charge on any atom is -0.508 e. The van der Waals surface area contributed by atoms with Crippen LogP contribution in [0, 0.1) is 0 Å². The molecule has 0 aliphatic carbocycles. The number of pyridine rings is 1. The zero-order chi connectivity index (χ0) is 28.1. The van der Waals surface area contributed by atoms with Crippen molar-refractivity contribution in [2.45, 2.75) is 20.0 Å². The average molecular weight is 555 g/mol. The molecule has 3 aromatic rings. The predicted octanol–water partition coefficient (Wildman–Crippen LogP) is 4.35. The van der Waals surface area contributed by atoms with E-state index in [2.05, 4.69) is 30.2 Å². The Kier molecular flexibility index (Phi) is 12.5. The number of hydrogen-bond acceptors (Lipinski definition) is 5. The molecule has 1 aromatic heterocycles. The molecule has 3 N–H and O–H groups in total. The van der Waals surface area contributed by atoms with Crippen LogP contribution in [-0.2, 0) is 17.8 Å². The van der Waals surface area contributed by atoms with Crippen molar-refractivity contribution in [1.29, 1.82) is 0 Å². The number of rotatable bonds is 9. The molecule has 3 rings (SSSR count). The van der Waals surface area contributed by atoms with E-state index in [-0.39, 0.29) is 29.4 Å². The Morgan fingerprint density at radius 3 is 2.29 bits per heavy atom.